The van der Waals surface area contributed by atoms with Gasteiger partial charge in [0.05, 0.1) is 4.90 Å². The van der Waals surface area contributed by atoms with Gasteiger partial charge in [0.15, 0.2) is 9.84 Å². The molecule has 92 valence electrons. The molecule has 0 spiro atoms. The van der Waals surface area contributed by atoms with E-state index in [2.05, 4.69) is 0 Å². The number of primary amides is 1. The number of aryl methyl sites for hydroxylation is 1. The van der Waals surface area contributed by atoms with Gasteiger partial charge in [0, 0.05) is 6.26 Å². The van der Waals surface area contributed by atoms with Crippen LogP contribution in [0.3, 0.4) is 0 Å². The van der Waals surface area contributed by atoms with Crippen LogP contribution in [0, 0.1) is 0 Å². The van der Waals surface area contributed by atoms with Gasteiger partial charge in [-0.1, -0.05) is 18.2 Å². The third kappa shape index (κ3) is 4.82. The number of hydrogen-bond acceptors (Lipinski definition) is 3. The molecule has 17 heavy (non-hydrogen) atoms. The van der Waals surface area contributed by atoms with E-state index in [1.54, 1.807) is 30.3 Å². The van der Waals surface area contributed by atoms with Crippen LogP contribution in [0.1, 0.15) is 12.0 Å². The molecule has 4 nitrogen and oxygen atoms in total. The molecule has 0 unspecified atom stereocenters. The van der Waals surface area contributed by atoms with Gasteiger partial charge in [-0.3, -0.25) is 4.79 Å². The molecule has 5 heteroatoms. The Bertz CT molecular complexity index is 515. The van der Waals surface area contributed by atoms with Crippen molar-refractivity contribution in [3.05, 3.63) is 42.0 Å². The van der Waals surface area contributed by atoms with Crippen LogP contribution in [-0.2, 0) is 21.1 Å². The molecule has 0 bridgehead atoms. The van der Waals surface area contributed by atoms with Gasteiger partial charge in [-0.25, -0.2) is 8.42 Å². The van der Waals surface area contributed by atoms with Crippen LogP contribution in [0.15, 0.2) is 41.3 Å². The van der Waals surface area contributed by atoms with Crippen molar-refractivity contribution in [2.45, 2.75) is 17.7 Å². The number of hydrogen-bond donors (Lipinski definition) is 1. The summed E-state index contributed by atoms with van der Waals surface area (Å²) in [6.45, 7) is 0. The number of sulfone groups is 1. The van der Waals surface area contributed by atoms with E-state index in [4.69, 9.17) is 5.73 Å². The Morgan fingerprint density at radius 1 is 1.29 bits per heavy atom. The Balaban J connectivity index is 2.61. The molecule has 1 aromatic carbocycles. The average molecular weight is 253 g/mol. The van der Waals surface area contributed by atoms with E-state index >= 15 is 0 Å². The Labute approximate surface area is 101 Å². The fourth-order valence-electron chi connectivity index (χ4n) is 1.35. The zero-order chi connectivity index (χ0) is 12.9. The third-order valence-electron chi connectivity index (χ3n) is 2.23. The van der Waals surface area contributed by atoms with Crippen LogP contribution in [0.25, 0.3) is 0 Å². The van der Waals surface area contributed by atoms with Crippen molar-refractivity contribution in [2.75, 3.05) is 6.26 Å². The normalized spacial score (nSPS) is 11.8. The molecule has 1 amide bonds. The fraction of sp³-hybridized carbons (Fsp3) is 0.250. The Kier molecular flexibility index (Phi) is 4.45. The van der Waals surface area contributed by atoms with Crippen LogP contribution < -0.4 is 5.73 Å². The van der Waals surface area contributed by atoms with E-state index in [1.807, 2.05) is 0 Å². The molecule has 0 saturated carbocycles. The van der Waals surface area contributed by atoms with E-state index in [9.17, 15) is 13.2 Å². The van der Waals surface area contributed by atoms with Gasteiger partial charge >= 0.3 is 0 Å². The van der Waals surface area contributed by atoms with Crippen LogP contribution in [0.5, 0.6) is 0 Å². The predicted molar refractivity (Wildman–Crippen MR) is 66.2 cm³/mol. The second kappa shape index (κ2) is 5.63. The van der Waals surface area contributed by atoms with Crippen molar-refractivity contribution >= 4 is 15.7 Å². The zero-order valence-electron chi connectivity index (χ0n) is 9.59. The van der Waals surface area contributed by atoms with E-state index in [-0.39, 0.29) is 0 Å². The van der Waals surface area contributed by atoms with Crippen molar-refractivity contribution in [1.29, 1.82) is 0 Å². The number of nitrogens with two attached hydrogens (primary N) is 1. The number of amides is 1. The topological polar surface area (TPSA) is 77.2 Å². The second-order valence-electron chi connectivity index (χ2n) is 3.76. The first-order valence-corrected chi connectivity index (χ1v) is 7.04. The maximum atomic E-state index is 11.2. The summed E-state index contributed by atoms with van der Waals surface area (Å²) in [6.07, 6.45) is 5.64. The first-order chi connectivity index (χ1) is 7.89. The molecule has 0 saturated heterocycles. The van der Waals surface area contributed by atoms with Crippen molar-refractivity contribution in [3.8, 4) is 0 Å². The number of carbonyl (C=O) groups is 1. The second-order valence-corrected chi connectivity index (χ2v) is 5.78. The van der Waals surface area contributed by atoms with Crippen LogP contribution >= 0.6 is 0 Å². The number of carbonyl (C=O) groups excluding carboxylic acids is 1. The van der Waals surface area contributed by atoms with E-state index in [0.29, 0.717) is 11.3 Å². The van der Waals surface area contributed by atoms with Gasteiger partial charge in [-0.15, -0.1) is 0 Å². The van der Waals surface area contributed by atoms with Gasteiger partial charge in [0.25, 0.3) is 0 Å². The minimum absolute atomic E-state index is 0.314. The standard InChI is InChI=1S/C12H15NO3S/c1-17(15,16)11-8-6-10(7-9-11)4-2-3-5-12(13)14/h3,5-9H,2,4H2,1H3,(H2,13,14)/b5-3-. The summed E-state index contributed by atoms with van der Waals surface area (Å²) in [5.74, 6) is -0.461. The summed E-state index contributed by atoms with van der Waals surface area (Å²) < 4.78 is 22.4. The lowest BCUT2D eigenvalue weighted by Gasteiger charge is -2.01. The number of rotatable bonds is 5. The molecule has 0 aliphatic rings. The minimum atomic E-state index is -3.13. The lowest BCUT2D eigenvalue weighted by molar-refractivity contribution is -0.113. The third-order valence-corrected chi connectivity index (χ3v) is 3.36. The molecule has 0 atom stereocenters. The predicted octanol–water partition coefficient (Wildman–Crippen LogP) is 1.06. The monoisotopic (exact) mass is 253 g/mol. The smallest absolute Gasteiger partial charge is 0.241 e. The summed E-state index contributed by atoms with van der Waals surface area (Å²) in [5, 5.41) is 0. The largest absolute Gasteiger partial charge is 0.366 e. The summed E-state index contributed by atoms with van der Waals surface area (Å²) in [6, 6.07) is 6.72. The average Bonchev–Trinajstić information content (AvgIpc) is 2.23. The molecule has 0 heterocycles. The number of allylic oxidation sites excluding steroid dienone is 1. The SMILES string of the molecule is CS(=O)(=O)c1ccc(CC/C=C\C(N)=O)cc1. The van der Waals surface area contributed by atoms with E-state index in [0.717, 1.165) is 12.0 Å². The van der Waals surface area contributed by atoms with Crippen LogP contribution in [-0.4, -0.2) is 20.6 Å². The van der Waals surface area contributed by atoms with Gasteiger partial charge in [0.2, 0.25) is 5.91 Å². The first kappa shape index (κ1) is 13.4. The Hall–Kier alpha value is -1.62. The summed E-state index contributed by atoms with van der Waals surface area (Å²) in [7, 11) is -3.13. The van der Waals surface area contributed by atoms with Crippen LogP contribution in [0.2, 0.25) is 0 Å². The van der Waals surface area contributed by atoms with Crippen molar-refractivity contribution in [3.63, 3.8) is 0 Å². The molecule has 0 radical (unpaired) electrons. The van der Waals surface area contributed by atoms with Gasteiger partial charge in [-0.2, -0.15) is 0 Å². The first-order valence-electron chi connectivity index (χ1n) is 5.14. The summed E-state index contributed by atoms with van der Waals surface area (Å²) in [5.41, 5.74) is 5.97. The summed E-state index contributed by atoms with van der Waals surface area (Å²) in [4.78, 5) is 10.7. The van der Waals surface area contributed by atoms with E-state index < -0.39 is 15.7 Å². The highest BCUT2D eigenvalue weighted by Crippen LogP contribution is 2.11. The summed E-state index contributed by atoms with van der Waals surface area (Å²) >= 11 is 0. The maximum absolute atomic E-state index is 11.2. The van der Waals surface area contributed by atoms with Gasteiger partial charge in [0.1, 0.15) is 0 Å². The van der Waals surface area contributed by atoms with Crippen LogP contribution in [0.4, 0.5) is 0 Å². The lowest BCUT2D eigenvalue weighted by Crippen LogP contribution is -2.05. The molecule has 0 aliphatic carbocycles. The van der Waals surface area contributed by atoms with Crippen molar-refractivity contribution in [2.24, 2.45) is 5.73 Å². The molecule has 0 aromatic heterocycles. The Morgan fingerprint density at radius 3 is 2.35 bits per heavy atom. The zero-order valence-corrected chi connectivity index (χ0v) is 10.4. The maximum Gasteiger partial charge on any atom is 0.241 e. The van der Waals surface area contributed by atoms with Gasteiger partial charge in [-0.05, 0) is 36.6 Å². The lowest BCUT2D eigenvalue weighted by atomic mass is 10.1. The highest BCUT2D eigenvalue weighted by Gasteiger charge is 2.05. The highest BCUT2D eigenvalue weighted by atomic mass is 32.2. The molecular formula is C12H15NO3S. The van der Waals surface area contributed by atoms with E-state index in [1.165, 1.54) is 12.3 Å². The molecular weight excluding hydrogens is 238 g/mol. The molecule has 1 rings (SSSR count). The fourth-order valence-corrected chi connectivity index (χ4v) is 1.98. The highest BCUT2D eigenvalue weighted by molar-refractivity contribution is 7.90. The quantitative estimate of drug-likeness (QED) is 0.797. The minimum Gasteiger partial charge on any atom is -0.366 e. The molecule has 0 fully saturated rings. The molecule has 1 aromatic rings. The molecule has 0 aliphatic heterocycles. The molecule has 2 N–H and O–H groups in total. The van der Waals surface area contributed by atoms with Crippen molar-refractivity contribution in [1.82, 2.24) is 0 Å². The van der Waals surface area contributed by atoms with Gasteiger partial charge < -0.3 is 5.73 Å². The van der Waals surface area contributed by atoms with Crippen molar-refractivity contribution < 1.29 is 13.2 Å². The number of benzene rings is 1. The Morgan fingerprint density at radius 2 is 1.88 bits per heavy atom.